The molecule has 0 bridgehead atoms. The van der Waals surface area contributed by atoms with Gasteiger partial charge in [0.1, 0.15) is 11.5 Å². The zero-order chi connectivity index (χ0) is 24.8. The Hall–Kier alpha value is -3.45. The van der Waals surface area contributed by atoms with Crippen molar-refractivity contribution in [3.8, 4) is 5.69 Å². The summed E-state index contributed by atoms with van der Waals surface area (Å²) >= 11 is 12.3. The van der Waals surface area contributed by atoms with Crippen molar-refractivity contribution in [3.05, 3.63) is 57.8 Å². The minimum atomic E-state index is -4.32. The molecule has 1 saturated heterocycles. The van der Waals surface area contributed by atoms with Gasteiger partial charge in [0.15, 0.2) is 11.5 Å². The third-order valence-corrected chi connectivity index (χ3v) is 5.45. The van der Waals surface area contributed by atoms with Crippen LogP contribution in [0, 0.1) is 0 Å². The first kappa shape index (κ1) is 23.7. The van der Waals surface area contributed by atoms with E-state index >= 15 is 0 Å². The number of aromatic nitrogens is 4. The second kappa shape index (κ2) is 8.40. The number of pyridine rings is 1. The van der Waals surface area contributed by atoms with E-state index in [0.29, 0.717) is 4.90 Å². The summed E-state index contributed by atoms with van der Waals surface area (Å²) in [5.74, 6) is -10.7. The van der Waals surface area contributed by atoms with E-state index in [-0.39, 0.29) is 38.6 Å². The summed E-state index contributed by atoms with van der Waals surface area (Å²) in [6, 6.07) is 7.11. The molecule has 2 aromatic heterocycles. The van der Waals surface area contributed by atoms with Crippen molar-refractivity contribution in [3.63, 3.8) is 0 Å². The number of likely N-dealkylation sites (tertiary alicyclic amines) is 1. The van der Waals surface area contributed by atoms with Gasteiger partial charge >= 0.3 is 11.8 Å². The lowest BCUT2D eigenvalue weighted by Crippen LogP contribution is -2.38. The quantitative estimate of drug-likeness (QED) is 0.499. The number of hydrogen-bond acceptors (Lipinski definition) is 6. The van der Waals surface area contributed by atoms with Crippen LogP contribution in [0.1, 0.15) is 20.8 Å². The molecule has 4 rings (SSSR count). The largest absolute Gasteiger partial charge is 0.364 e. The number of hydrogen-bond donors (Lipinski definition) is 2. The third kappa shape index (κ3) is 4.23. The Labute approximate surface area is 198 Å². The maximum atomic E-state index is 13.4. The Morgan fingerprint density at radius 3 is 2.15 bits per heavy atom. The Bertz CT molecular complexity index is 1250. The minimum absolute atomic E-state index is 0.0634. The summed E-state index contributed by atoms with van der Waals surface area (Å²) in [6.45, 7) is -2.82. The van der Waals surface area contributed by atoms with E-state index in [1.54, 1.807) is 6.07 Å². The number of halogens is 6. The molecule has 0 spiro atoms. The fourth-order valence-electron chi connectivity index (χ4n) is 3.15. The van der Waals surface area contributed by atoms with Gasteiger partial charge in [0, 0.05) is 6.20 Å². The van der Waals surface area contributed by atoms with Crippen molar-refractivity contribution in [1.29, 1.82) is 0 Å². The van der Waals surface area contributed by atoms with E-state index in [9.17, 15) is 27.2 Å². The number of nitrogens with zero attached hydrogens (tertiary/aromatic N) is 5. The lowest BCUT2D eigenvalue weighted by molar-refractivity contribution is -0.172. The van der Waals surface area contributed by atoms with Crippen LogP contribution in [0.2, 0.25) is 10.0 Å². The topological polar surface area (TPSA) is 119 Å². The Morgan fingerprint density at radius 1 is 1.00 bits per heavy atom. The van der Waals surface area contributed by atoms with Gasteiger partial charge in [-0.1, -0.05) is 29.3 Å². The summed E-state index contributed by atoms with van der Waals surface area (Å²) in [5, 5.41) is 11.2. The molecule has 0 radical (unpaired) electrons. The minimum Gasteiger partial charge on any atom is -0.364 e. The molecule has 2 amide bonds. The third-order valence-electron chi connectivity index (χ3n) is 4.84. The average molecular weight is 518 g/mol. The highest BCUT2D eigenvalue weighted by Crippen LogP contribution is 2.41. The summed E-state index contributed by atoms with van der Waals surface area (Å²) in [7, 11) is 0. The number of nitrogens with two attached hydrogens (primary N) is 1. The maximum absolute atomic E-state index is 13.4. The number of carbonyl (C=O) groups excluding carboxylic acids is 2. The molecule has 0 aliphatic carbocycles. The first-order valence-corrected chi connectivity index (χ1v) is 10.1. The van der Waals surface area contributed by atoms with Gasteiger partial charge in [0.05, 0.1) is 28.7 Å². The van der Waals surface area contributed by atoms with Crippen molar-refractivity contribution in [2.75, 3.05) is 18.4 Å². The van der Waals surface area contributed by atoms with Crippen LogP contribution in [-0.2, 0) is 0 Å². The zero-order valence-corrected chi connectivity index (χ0v) is 18.3. The van der Waals surface area contributed by atoms with Gasteiger partial charge < -0.3 is 16.0 Å². The zero-order valence-electron chi connectivity index (χ0n) is 16.8. The smallest absolute Gasteiger partial charge is 0.329 e. The van der Waals surface area contributed by atoms with Crippen LogP contribution in [-0.4, -0.2) is 61.6 Å². The molecule has 1 aliphatic rings. The molecule has 1 fully saturated rings. The number of benzene rings is 1. The number of rotatable bonds is 5. The molecule has 3 aromatic rings. The lowest BCUT2D eigenvalue weighted by Gasteiger charge is -2.14. The Morgan fingerprint density at radius 2 is 1.62 bits per heavy atom. The molecule has 9 nitrogen and oxygen atoms in total. The molecule has 34 heavy (non-hydrogen) atoms. The van der Waals surface area contributed by atoms with Crippen LogP contribution in [0.25, 0.3) is 5.69 Å². The SMILES string of the molecule is NC(=O)c1nn(-c2c(Cl)cccc2Cl)nc1Nc1ccc(C(=O)N2CC(F)(F)C(F)(F)C2)cn1. The first-order valence-electron chi connectivity index (χ1n) is 9.39. The predicted molar refractivity (Wildman–Crippen MR) is 113 cm³/mol. The van der Waals surface area contributed by atoms with Crippen molar-refractivity contribution >= 4 is 46.7 Å². The van der Waals surface area contributed by atoms with E-state index in [2.05, 4.69) is 20.5 Å². The van der Waals surface area contributed by atoms with E-state index in [1.165, 1.54) is 24.3 Å². The second-order valence-corrected chi connectivity index (χ2v) is 8.06. The molecule has 3 N–H and O–H groups in total. The van der Waals surface area contributed by atoms with Gasteiger partial charge in [0.25, 0.3) is 11.8 Å². The predicted octanol–water partition coefficient (Wildman–Crippen LogP) is 3.54. The molecule has 0 unspecified atom stereocenters. The molecule has 0 atom stereocenters. The number of nitrogens with one attached hydrogen (secondary N) is 1. The summed E-state index contributed by atoms with van der Waals surface area (Å²) in [5.41, 5.74) is 5.08. The number of amides is 2. The molecule has 0 saturated carbocycles. The van der Waals surface area contributed by atoms with Gasteiger partial charge in [-0.25, -0.2) is 4.98 Å². The van der Waals surface area contributed by atoms with Gasteiger partial charge in [-0.15, -0.1) is 15.0 Å². The van der Waals surface area contributed by atoms with Crippen molar-refractivity contribution in [2.45, 2.75) is 11.8 Å². The number of primary amides is 1. The van der Waals surface area contributed by atoms with Gasteiger partial charge in [-0.05, 0) is 24.3 Å². The average Bonchev–Trinajstić information content (AvgIpc) is 3.25. The van der Waals surface area contributed by atoms with Crippen LogP contribution >= 0.6 is 23.2 Å². The molecular formula is C19H13Cl2F4N7O2. The number of para-hydroxylation sites is 1. The summed E-state index contributed by atoms with van der Waals surface area (Å²) in [4.78, 5) is 29.5. The molecular weight excluding hydrogens is 505 g/mol. The highest BCUT2D eigenvalue weighted by Gasteiger charge is 2.63. The van der Waals surface area contributed by atoms with Gasteiger partial charge in [0.2, 0.25) is 0 Å². The normalized spacial score (nSPS) is 16.5. The molecule has 15 heteroatoms. The van der Waals surface area contributed by atoms with Crippen LogP contribution < -0.4 is 11.1 Å². The van der Waals surface area contributed by atoms with E-state index < -0.39 is 36.7 Å². The Kier molecular flexibility index (Phi) is 5.85. The monoisotopic (exact) mass is 517 g/mol. The van der Waals surface area contributed by atoms with Gasteiger partial charge in [-0.3, -0.25) is 9.59 Å². The van der Waals surface area contributed by atoms with E-state index in [4.69, 9.17) is 28.9 Å². The molecule has 1 aromatic carbocycles. The first-order chi connectivity index (χ1) is 15.9. The number of carbonyl (C=O) groups is 2. The number of anilines is 2. The molecule has 1 aliphatic heterocycles. The summed E-state index contributed by atoms with van der Waals surface area (Å²) in [6.07, 6.45) is 0.999. The molecule has 178 valence electrons. The standard InChI is InChI=1S/C19H13Cl2F4N7O2/c20-10-2-1-3-11(21)14(10)32-29-13(15(26)33)16(30-32)28-12-5-4-9(6-27-12)17(34)31-7-18(22,23)19(24,25)8-31/h1-6H,7-8H2,(H2,26,33)(H,27,28,30). The second-order valence-electron chi connectivity index (χ2n) is 7.25. The van der Waals surface area contributed by atoms with Crippen molar-refractivity contribution in [1.82, 2.24) is 24.9 Å². The fourth-order valence-corrected chi connectivity index (χ4v) is 3.69. The van der Waals surface area contributed by atoms with Crippen molar-refractivity contribution in [2.24, 2.45) is 5.73 Å². The maximum Gasteiger partial charge on any atom is 0.329 e. The fraction of sp³-hybridized carbons (Fsp3) is 0.211. The lowest BCUT2D eigenvalue weighted by atomic mass is 10.2. The van der Waals surface area contributed by atoms with Crippen LogP contribution in [0.3, 0.4) is 0 Å². The van der Waals surface area contributed by atoms with Crippen LogP contribution in [0.4, 0.5) is 29.2 Å². The van der Waals surface area contributed by atoms with Crippen LogP contribution in [0.15, 0.2) is 36.5 Å². The summed E-state index contributed by atoms with van der Waals surface area (Å²) < 4.78 is 53.6. The van der Waals surface area contributed by atoms with E-state index in [1.807, 2.05) is 0 Å². The van der Waals surface area contributed by atoms with Gasteiger partial charge in [-0.2, -0.15) is 17.6 Å². The van der Waals surface area contributed by atoms with Crippen LogP contribution in [0.5, 0.6) is 0 Å². The van der Waals surface area contributed by atoms with Crippen molar-refractivity contribution < 1.29 is 27.2 Å². The highest BCUT2D eigenvalue weighted by molar-refractivity contribution is 6.37. The number of alkyl halides is 4. The molecule has 3 heterocycles. The van der Waals surface area contributed by atoms with E-state index in [0.717, 1.165) is 11.0 Å². The Balaban J connectivity index is 1.57. The highest BCUT2D eigenvalue weighted by atomic mass is 35.5.